The van der Waals surface area contributed by atoms with Gasteiger partial charge in [-0.1, -0.05) is 30.3 Å². The van der Waals surface area contributed by atoms with Gasteiger partial charge in [-0.3, -0.25) is 14.5 Å². The minimum atomic E-state index is -4.49. The number of carbonyl (C=O) groups excluding carboxylic acids is 2. The molecule has 0 radical (unpaired) electrons. The maximum absolute atomic E-state index is 13.3. The second-order valence-electron chi connectivity index (χ2n) is 9.71. The minimum Gasteiger partial charge on any atom is -0.379 e. The smallest absolute Gasteiger partial charge is 0.379 e. The average molecular weight is 584 g/mol. The van der Waals surface area contributed by atoms with Crippen molar-refractivity contribution in [3.8, 4) is 0 Å². The first-order valence-electron chi connectivity index (χ1n) is 13.1. The summed E-state index contributed by atoms with van der Waals surface area (Å²) < 4.78 is 45.3. The van der Waals surface area contributed by atoms with Crippen molar-refractivity contribution in [3.63, 3.8) is 0 Å². The molecule has 0 saturated carbocycles. The van der Waals surface area contributed by atoms with E-state index >= 15 is 0 Å². The van der Waals surface area contributed by atoms with Gasteiger partial charge in [-0.15, -0.1) is 11.3 Å². The number of Topliss-reactive ketones (excluding diaryl/α,β-unsaturated/α-hetero) is 1. The summed E-state index contributed by atoms with van der Waals surface area (Å²) in [5, 5.41) is 7.93. The predicted octanol–water partition coefficient (Wildman–Crippen LogP) is 5.44. The Balaban J connectivity index is 1.28. The Morgan fingerprint density at radius 1 is 1.10 bits per heavy atom. The van der Waals surface area contributed by atoms with Crippen LogP contribution in [0.4, 0.5) is 24.7 Å². The molecule has 5 rings (SSSR count). The van der Waals surface area contributed by atoms with E-state index in [9.17, 15) is 22.8 Å². The number of fused-ring (bicyclic) bond motifs is 1. The maximum atomic E-state index is 13.3. The molecule has 0 bridgehead atoms. The summed E-state index contributed by atoms with van der Waals surface area (Å²) in [5.41, 5.74) is 1.80. The molecule has 0 spiro atoms. The summed E-state index contributed by atoms with van der Waals surface area (Å²) >= 11 is 1.37. The number of hydrogen-bond acceptors (Lipinski definition) is 8. The summed E-state index contributed by atoms with van der Waals surface area (Å²) in [5.74, 6) is -0.0909. The van der Waals surface area contributed by atoms with Gasteiger partial charge in [0.05, 0.1) is 34.6 Å². The standard InChI is InChI=1S/C29H28F3N5O3S/c1-18-5-6-20(24(38)14-19-3-2-4-21(13-19)29(30,31)32)15-23(18)36-28(39)22-16-41-26-25(22)34-17-35-27(26)33-7-8-37-9-11-40-12-10-37/h2-6,13,15-17H,7-12,14H2,1H3,(H,36,39)(H,33,34,35). The van der Waals surface area contributed by atoms with Crippen LogP contribution < -0.4 is 10.6 Å². The molecular weight excluding hydrogens is 555 g/mol. The highest BCUT2D eigenvalue weighted by atomic mass is 32.1. The lowest BCUT2D eigenvalue weighted by Crippen LogP contribution is -2.39. The van der Waals surface area contributed by atoms with Gasteiger partial charge in [0.25, 0.3) is 5.91 Å². The Bertz CT molecular complexity index is 1570. The highest BCUT2D eigenvalue weighted by Gasteiger charge is 2.30. The number of hydrogen-bond donors (Lipinski definition) is 2. The molecule has 3 heterocycles. The van der Waals surface area contributed by atoms with Crippen LogP contribution in [0.15, 0.2) is 54.2 Å². The molecule has 2 N–H and O–H groups in total. The number of halogens is 3. The van der Waals surface area contributed by atoms with Crippen LogP contribution in [0.5, 0.6) is 0 Å². The molecule has 2 aromatic heterocycles. The minimum absolute atomic E-state index is 0.201. The zero-order valence-corrected chi connectivity index (χ0v) is 23.1. The number of morpholine rings is 1. The number of nitrogens with zero attached hydrogens (tertiary/aromatic N) is 3. The molecule has 1 saturated heterocycles. The third kappa shape index (κ3) is 6.89. The maximum Gasteiger partial charge on any atom is 0.416 e. The molecule has 12 heteroatoms. The first-order valence-corrected chi connectivity index (χ1v) is 13.9. The van der Waals surface area contributed by atoms with Crippen LogP contribution in [-0.4, -0.2) is 66.0 Å². The quantitative estimate of drug-likeness (QED) is 0.253. The van der Waals surface area contributed by atoms with Crippen LogP contribution in [-0.2, 0) is 17.3 Å². The zero-order chi connectivity index (χ0) is 29.0. The van der Waals surface area contributed by atoms with Crippen molar-refractivity contribution >= 4 is 44.7 Å². The monoisotopic (exact) mass is 583 g/mol. The van der Waals surface area contributed by atoms with Gasteiger partial charge in [-0.05, 0) is 30.2 Å². The number of rotatable bonds is 9. The lowest BCUT2D eigenvalue weighted by Gasteiger charge is -2.26. The van der Waals surface area contributed by atoms with Gasteiger partial charge in [0.1, 0.15) is 12.1 Å². The van der Waals surface area contributed by atoms with Crippen molar-refractivity contribution in [2.24, 2.45) is 0 Å². The van der Waals surface area contributed by atoms with E-state index in [2.05, 4.69) is 25.5 Å². The second kappa shape index (κ2) is 12.3. The highest BCUT2D eigenvalue weighted by Crippen LogP contribution is 2.31. The molecule has 8 nitrogen and oxygen atoms in total. The highest BCUT2D eigenvalue weighted by molar-refractivity contribution is 7.18. The van der Waals surface area contributed by atoms with Gasteiger partial charge in [-0.25, -0.2) is 9.97 Å². The van der Waals surface area contributed by atoms with Gasteiger partial charge in [0, 0.05) is 49.2 Å². The Morgan fingerprint density at radius 2 is 1.90 bits per heavy atom. The fourth-order valence-corrected chi connectivity index (χ4v) is 5.53. The lowest BCUT2D eigenvalue weighted by molar-refractivity contribution is -0.137. The summed E-state index contributed by atoms with van der Waals surface area (Å²) in [7, 11) is 0. The number of alkyl halides is 3. The molecule has 1 fully saturated rings. The normalized spacial score (nSPS) is 14.2. The topological polar surface area (TPSA) is 96.5 Å². The number of nitrogens with one attached hydrogen (secondary N) is 2. The molecule has 4 aromatic rings. The molecule has 0 aliphatic carbocycles. The van der Waals surface area contributed by atoms with Gasteiger partial charge in [-0.2, -0.15) is 13.2 Å². The van der Waals surface area contributed by atoms with Gasteiger partial charge >= 0.3 is 6.18 Å². The molecule has 1 aliphatic heterocycles. The first-order chi connectivity index (χ1) is 19.7. The fourth-order valence-electron chi connectivity index (χ4n) is 4.56. The Morgan fingerprint density at radius 3 is 2.68 bits per heavy atom. The van der Waals surface area contributed by atoms with Crippen molar-refractivity contribution < 1.29 is 27.5 Å². The van der Waals surface area contributed by atoms with Crippen LogP contribution in [0.3, 0.4) is 0 Å². The van der Waals surface area contributed by atoms with E-state index in [0.29, 0.717) is 29.1 Å². The van der Waals surface area contributed by atoms with E-state index in [1.807, 2.05) is 0 Å². The molecule has 1 amide bonds. The summed E-state index contributed by atoms with van der Waals surface area (Å²) in [6.45, 7) is 6.56. The van der Waals surface area contributed by atoms with E-state index in [1.54, 1.807) is 30.5 Å². The van der Waals surface area contributed by atoms with Gasteiger partial charge in [0.2, 0.25) is 0 Å². The number of aromatic nitrogens is 2. The number of thiophene rings is 1. The number of ether oxygens (including phenoxy) is 1. The van der Waals surface area contributed by atoms with Crippen molar-refractivity contribution in [1.29, 1.82) is 0 Å². The van der Waals surface area contributed by atoms with Crippen LogP contribution in [0.25, 0.3) is 10.2 Å². The van der Waals surface area contributed by atoms with E-state index in [1.165, 1.54) is 29.8 Å². The van der Waals surface area contributed by atoms with E-state index in [-0.39, 0.29) is 29.2 Å². The molecular formula is C29H28F3N5O3S. The van der Waals surface area contributed by atoms with Crippen molar-refractivity contribution in [1.82, 2.24) is 14.9 Å². The van der Waals surface area contributed by atoms with Gasteiger partial charge in [0.15, 0.2) is 5.78 Å². The van der Waals surface area contributed by atoms with Crippen LogP contribution in [0.2, 0.25) is 0 Å². The van der Waals surface area contributed by atoms with Crippen molar-refractivity contribution in [2.45, 2.75) is 19.5 Å². The zero-order valence-electron chi connectivity index (χ0n) is 22.3. The molecule has 41 heavy (non-hydrogen) atoms. The van der Waals surface area contributed by atoms with Crippen LogP contribution >= 0.6 is 11.3 Å². The second-order valence-corrected chi connectivity index (χ2v) is 10.6. The number of anilines is 2. The van der Waals surface area contributed by atoms with Crippen LogP contribution in [0, 0.1) is 6.92 Å². The van der Waals surface area contributed by atoms with Crippen LogP contribution in [0.1, 0.15) is 37.4 Å². The van der Waals surface area contributed by atoms with Gasteiger partial charge < -0.3 is 15.4 Å². The summed E-state index contributed by atoms with van der Waals surface area (Å²) in [6.07, 6.45) is -3.27. The summed E-state index contributed by atoms with van der Waals surface area (Å²) in [6, 6.07) is 9.56. The third-order valence-electron chi connectivity index (χ3n) is 6.85. The Kier molecular flexibility index (Phi) is 8.62. The van der Waals surface area contributed by atoms with Crippen molar-refractivity contribution in [3.05, 3.63) is 82.0 Å². The molecule has 0 unspecified atom stereocenters. The molecule has 1 aliphatic rings. The van der Waals surface area contributed by atoms with E-state index in [0.717, 1.165) is 55.2 Å². The van der Waals surface area contributed by atoms with Crippen molar-refractivity contribution in [2.75, 3.05) is 50.0 Å². The molecule has 0 atom stereocenters. The Labute approximate surface area is 238 Å². The third-order valence-corrected chi connectivity index (χ3v) is 7.83. The lowest BCUT2D eigenvalue weighted by atomic mass is 9.99. The number of ketones is 1. The first kappa shape index (κ1) is 28.7. The molecule has 214 valence electrons. The largest absolute Gasteiger partial charge is 0.416 e. The Hall–Kier alpha value is -3.87. The SMILES string of the molecule is Cc1ccc(C(=O)Cc2cccc(C(F)(F)F)c2)cc1NC(=O)c1csc2c(NCCN3CCOCC3)ncnc12. The van der Waals surface area contributed by atoms with E-state index < -0.39 is 11.7 Å². The summed E-state index contributed by atoms with van der Waals surface area (Å²) in [4.78, 5) is 37.2. The van der Waals surface area contributed by atoms with E-state index in [4.69, 9.17) is 4.74 Å². The average Bonchev–Trinajstić information content (AvgIpc) is 3.40. The number of benzene rings is 2. The molecule has 2 aromatic carbocycles. The number of amides is 1. The number of aryl methyl sites for hydroxylation is 1. The fraction of sp³-hybridized carbons (Fsp3) is 0.310. The number of carbonyl (C=O) groups is 2. The predicted molar refractivity (Wildman–Crippen MR) is 152 cm³/mol.